The summed E-state index contributed by atoms with van der Waals surface area (Å²) < 4.78 is 12.3. The molecule has 29 heavy (non-hydrogen) atoms. The van der Waals surface area contributed by atoms with E-state index < -0.39 is 11.2 Å². The third-order valence-corrected chi connectivity index (χ3v) is 6.13. The number of benzene rings is 2. The Bertz CT molecular complexity index is 1010. The van der Waals surface area contributed by atoms with Crippen LogP contribution in [0.15, 0.2) is 60.8 Å². The summed E-state index contributed by atoms with van der Waals surface area (Å²) in [5.41, 5.74) is 8.31. The molecule has 0 spiro atoms. The number of nitrogens with two attached hydrogens (primary N) is 1. The van der Waals surface area contributed by atoms with Crippen LogP contribution >= 0.6 is 0 Å². The third kappa shape index (κ3) is 3.68. The minimum absolute atomic E-state index is 0.218. The number of aromatic nitrogens is 1. The Hall–Kier alpha value is -2.63. The second kappa shape index (κ2) is 7.32. The standard InChI is InChI=1S/C24H28N2O3/c1-23(2)28-15-19(21(29-23)16-9-5-4-6-10-16)24(3,22(25)27)13-17-14-26-20-12-8-7-11-18(17)20/h4-12,14,19,21,26H,13,15H2,1-3H3,(H2,25,27). The fraction of sp³-hybridized carbons (Fsp3) is 0.375. The number of para-hydroxylation sites is 1. The summed E-state index contributed by atoms with van der Waals surface area (Å²) in [5.74, 6) is -1.29. The molecule has 0 saturated carbocycles. The Morgan fingerprint density at radius 1 is 1.17 bits per heavy atom. The van der Waals surface area contributed by atoms with E-state index in [4.69, 9.17) is 15.2 Å². The van der Waals surface area contributed by atoms with Gasteiger partial charge in [0.15, 0.2) is 5.79 Å². The summed E-state index contributed by atoms with van der Waals surface area (Å²) in [5, 5.41) is 1.11. The normalized spacial score (nSPS) is 23.6. The number of hydrogen-bond acceptors (Lipinski definition) is 3. The number of nitrogens with one attached hydrogen (secondary N) is 1. The smallest absolute Gasteiger partial charge is 0.224 e. The maximum atomic E-state index is 12.8. The number of primary amides is 1. The van der Waals surface area contributed by atoms with Crippen molar-refractivity contribution in [1.29, 1.82) is 0 Å². The predicted molar refractivity (Wildman–Crippen MR) is 113 cm³/mol. The number of aromatic amines is 1. The van der Waals surface area contributed by atoms with Gasteiger partial charge in [-0.3, -0.25) is 4.79 Å². The fourth-order valence-electron chi connectivity index (χ4n) is 4.34. The van der Waals surface area contributed by atoms with Crippen LogP contribution in [-0.4, -0.2) is 23.3 Å². The lowest BCUT2D eigenvalue weighted by Crippen LogP contribution is -2.52. The Morgan fingerprint density at radius 2 is 1.86 bits per heavy atom. The monoisotopic (exact) mass is 392 g/mol. The van der Waals surface area contributed by atoms with Crippen LogP contribution in [0, 0.1) is 11.3 Å². The second-order valence-corrected chi connectivity index (χ2v) is 8.58. The van der Waals surface area contributed by atoms with Crippen LogP contribution in [-0.2, 0) is 20.7 Å². The summed E-state index contributed by atoms with van der Waals surface area (Å²) in [4.78, 5) is 16.1. The van der Waals surface area contributed by atoms with Gasteiger partial charge in [-0.15, -0.1) is 0 Å². The molecule has 1 aliphatic rings. The fourth-order valence-corrected chi connectivity index (χ4v) is 4.34. The van der Waals surface area contributed by atoms with Gasteiger partial charge in [0.1, 0.15) is 0 Å². The van der Waals surface area contributed by atoms with Crippen molar-refractivity contribution in [1.82, 2.24) is 4.98 Å². The van der Waals surface area contributed by atoms with E-state index in [1.807, 2.05) is 75.5 Å². The number of H-pyrrole nitrogens is 1. The topological polar surface area (TPSA) is 77.3 Å². The average molecular weight is 392 g/mol. The first-order chi connectivity index (χ1) is 13.8. The summed E-state index contributed by atoms with van der Waals surface area (Å²) in [6.07, 6.45) is 2.19. The Kier molecular flexibility index (Phi) is 4.97. The minimum atomic E-state index is -0.845. The molecule has 1 saturated heterocycles. The van der Waals surface area contributed by atoms with E-state index in [0.717, 1.165) is 22.0 Å². The first kappa shape index (κ1) is 19.7. The van der Waals surface area contributed by atoms with Gasteiger partial charge in [-0.2, -0.15) is 0 Å². The van der Waals surface area contributed by atoms with Crippen LogP contribution < -0.4 is 5.73 Å². The van der Waals surface area contributed by atoms with Crippen molar-refractivity contribution in [2.75, 3.05) is 6.61 Å². The molecule has 2 aromatic carbocycles. The van der Waals surface area contributed by atoms with Crippen molar-refractivity contribution in [2.24, 2.45) is 17.1 Å². The molecular weight excluding hydrogens is 364 g/mol. The minimum Gasteiger partial charge on any atom is -0.369 e. The van der Waals surface area contributed by atoms with Gasteiger partial charge in [-0.1, -0.05) is 48.5 Å². The highest BCUT2D eigenvalue weighted by Crippen LogP contribution is 2.47. The zero-order valence-corrected chi connectivity index (χ0v) is 17.1. The van der Waals surface area contributed by atoms with Gasteiger partial charge in [-0.25, -0.2) is 0 Å². The van der Waals surface area contributed by atoms with Crippen LogP contribution in [0.25, 0.3) is 10.9 Å². The molecule has 4 rings (SSSR count). The largest absolute Gasteiger partial charge is 0.369 e. The van der Waals surface area contributed by atoms with E-state index in [1.165, 1.54) is 0 Å². The lowest BCUT2D eigenvalue weighted by molar-refractivity contribution is -0.307. The lowest BCUT2D eigenvalue weighted by Gasteiger charge is -2.47. The van der Waals surface area contributed by atoms with Crippen molar-refractivity contribution < 1.29 is 14.3 Å². The van der Waals surface area contributed by atoms with Crippen molar-refractivity contribution >= 4 is 16.8 Å². The van der Waals surface area contributed by atoms with Crippen molar-refractivity contribution in [3.05, 3.63) is 71.9 Å². The first-order valence-electron chi connectivity index (χ1n) is 10.0. The molecule has 1 fully saturated rings. The van der Waals surface area contributed by atoms with Crippen LogP contribution in [0.3, 0.4) is 0 Å². The van der Waals surface area contributed by atoms with Crippen LogP contribution in [0.2, 0.25) is 0 Å². The van der Waals surface area contributed by atoms with E-state index in [0.29, 0.717) is 13.0 Å². The molecule has 3 N–H and O–H groups in total. The summed E-state index contributed by atoms with van der Waals surface area (Å²) in [7, 11) is 0. The van der Waals surface area contributed by atoms with E-state index >= 15 is 0 Å². The summed E-state index contributed by atoms with van der Waals surface area (Å²) in [6.45, 7) is 6.14. The van der Waals surface area contributed by atoms with Gasteiger partial charge in [0.25, 0.3) is 0 Å². The number of ether oxygens (including phenoxy) is 2. The van der Waals surface area contributed by atoms with E-state index in [-0.39, 0.29) is 17.9 Å². The molecule has 5 nitrogen and oxygen atoms in total. The molecular formula is C24H28N2O3. The van der Waals surface area contributed by atoms with Gasteiger partial charge in [0.05, 0.1) is 18.1 Å². The molecule has 3 unspecified atom stereocenters. The van der Waals surface area contributed by atoms with E-state index in [9.17, 15) is 4.79 Å². The molecule has 0 bridgehead atoms. The number of carbonyl (C=O) groups excluding carboxylic acids is 1. The highest BCUT2D eigenvalue weighted by atomic mass is 16.7. The highest BCUT2D eigenvalue weighted by Gasteiger charge is 2.50. The zero-order valence-electron chi connectivity index (χ0n) is 17.1. The Balaban J connectivity index is 1.75. The molecule has 3 aromatic rings. The zero-order chi connectivity index (χ0) is 20.6. The first-order valence-corrected chi connectivity index (χ1v) is 10.0. The second-order valence-electron chi connectivity index (χ2n) is 8.58. The summed E-state index contributed by atoms with van der Waals surface area (Å²) >= 11 is 0. The molecule has 1 amide bonds. The number of rotatable bonds is 5. The third-order valence-electron chi connectivity index (χ3n) is 6.13. The lowest BCUT2D eigenvalue weighted by atomic mass is 9.68. The number of fused-ring (bicyclic) bond motifs is 1. The molecule has 0 aliphatic carbocycles. The quantitative estimate of drug-likeness (QED) is 0.678. The SMILES string of the molecule is CC1(C)OCC(C(C)(Cc2c[nH]c3ccccc23)C(N)=O)C(c2ccccc2)O1. The number of carbonyl (C=O) groups is 1. The van der Waals surface area contributed by atoms with Gasteiger partial charge in [-0.05, 0) is 44.4 Å². The number of hydrogen-bond donors (Lipinski definition) is 2. The van der Waals surface area contributed by atoms with Crippen LogP contribution in [0.5, 0.6) is 0 Å². The predicted octanol–water partition coefficient (Wildman–Crippen LogP) is 4.34. The van der Waals surface area contributed by atoms with Crippen LogP contribution in [0.4, 0.5) is 0 Å². The number of amides is 1. The van der Waals surface area contributed by atoms with Crippen LogP contribution in [0.1, 0.15) is 38.0 Å². The molecule has 5 heteroatoms. The Labute approximate surface area is 171 Å². The maximum Gasteiger partial charge on any atom is 0.224 e. The van der Waals surface area contributed by atoms with Crippen molar-refractivity contribution in [3.8, 4) is 0 Å². The molecule has 1 aliphatic heterocycles. The Morgan fingerprint density at radius 3 is 2.59 bits per heavy atom. The molecule has 0 radical (unpaired) electrons. The maximum absolute atomic E-state index is 12.8. The molecule has 3 atom stereocenters. The van der Waals surface area contributed by atoms with Gasteiger partial charge in [0, 0.05) is 23.0 Å². The van der Waals surface area contributed by atoms with Gasteiger partial charge < -0.3 is 20.2 Å². The highest BCUT2D eigenvalue weighted by molar-refractivity contribution is 5.86. The summed E-state index contributed by atoms with van der Waals surface area (Å²) in [6, 6.07) is 18.1. The van der Waals surface area contributed by atoms with Gasteiger partial charge in [0.2, 0.25) is 5.91 Å². The average Bonchev–Trinajstić information content (AvgIpc) is 3.10. The van der Waals surface area contributed by atoms with Crippen molar-refractivity contribution in [2.45, 2.75) is 39.1 Å². The molecule has 152 valence electrons. The van der Waals surface area contributed by atoms with E-state index in [2.05, 4.69) is 11.1 Å². The van der Waals surface area contributed by atoms with Gasteiger partial charge >= 0.3 is 0 Å². The molecule has 2 heterocycles. The van der Waals surface area contributed by atoms with E-state index in [1.54, 1.807) is 0 Å². The molecule has 1 aromatic heterocycles. The van der Waals surface area contributed by atoms with Crippen molar-refractivity contribution in [3.63, 3.8) is 0 Å².